The number of anilines is 1. The zero-order valence-electron chi connectivity index (χ0n) is 18.1. The Morgan fingerprint density at radius 1 is 1.16 bits per heavy atom. The van der Waals surface area contributed by atoms with Crippen LogP contribution in [0.4, 0.5) is 5.69 Å². The lowest BCUT2D eigenvalue weighted by Gasteiger charge is -2.29. The van der Waals surface area contributed by atoms with E-state index < -0.39 is 12.1 Å². The van der Waals surface area contributed by atoms with Crippen molar-refractivity contribution in [2.75, 3.05) is 18.1 Å². The van der Waals surface area contributed by atoms with Crippen LogP contribution in [-0.2, 0) is 25.7 Å². The van der Waals surface area contributed by atoms with Crippen LogP contribution in [0.2, 0.25) is 0 Å². The van der Waals surface area contributed by atoms with Crippen LogP contribution in [0.25, 0.3) is 0 Å². The zero-order chi connectivity index (χ0) is 22.4. The fourth-order valence-corrected chi connectivity index (χ4v) is 3.35. The van der Waals surface area contributed by atoms with Gasteiger partial charge in [-0.2, -0.15) is 0 Å². The van der Waals surface area contributed by atoms with E-state index in [0.29, 0.717) is 24.4 Å². The third kappa shape index (κ3) is 6.07. The maximum absolute atomic E-state index is 12.7. The third-order valence-corrected chi connectivity index (χ3v) is 4.91. The number of nitrogens with zero attached hydrogens (tertiary/aromatic N) is 1. The number of rotatable bonds is 8. The third-order valence-electron chi connectivity index (χ3n) is 4.91. The summed E-state index contributed by atoms with van der Waals surface area (Å²) in [6.07, 6.45) is -0.539. The molecule has 0 saturated carbocycles. The van der Waals surface area contributed by atoms with Crippen molar-refractivity contribution in [2.45, 2.75) is 39.8 Å². The molecule has 0 saturated heterocycles. The second-order valence-corrected chi connectivity index (χ2v) is 8.05. The van der Waals surface area contributed by atoms with Crippen molar-refractivity contribution in [1.29, 1.82) is 0 Å². The van der Waals surface area contributed by atoms with Crippen molar-refractivity contribution in [3.63, 3.8) is 0 Å². The summed E-state index contributed by atoms with van der Waals surface area (Å²) in [5.74, 6) is -0.631. The number of ether oxygens (including phenoxy) is 2. The molecule has 2 amide bonds. The van der Waals surface area contributed by atoms with Gasteiger partial charge < -0.3 is 14.8 Å². The molecule has 1 aliphatic rings. The quantitative estimate of drug-likeness (QED) is 0.659. The first-order chi connectivity index (χ1) is 14.8. The fraction of sp³-hybridized carbons (Fsp3) is 0.375. The Bertz CT molecular complexity index is 942. The number of benzene rings is 2. The summed E-state index contributed by atoms with van der Waals surface area (Å²) in [6.45, 7) is 5.73. The van der Waals surface area contributed by atoms with Gasteiger partial charge in [-0.05, 0) is 42.5 Å². The van der Waals surface area contributed by atoms with E-state index >= 15 is 0 Å². The molecular weight excluding hydrogens is 396 g/mol. The molecule has 1 atom stereocenters. The average Bonchev–Trinajstić information content (AvgIpc) is 2.74. The number of amides is 2. The number of fused-ring (bicyclic) bond motifs is 1. The molecule has 7 nitrogen and oxygen atoms in total. The van der Waals surface area contributed by atoms with Gasteiger partial charge in [-0.3, -0.25) is 19.3 Å². The Balaban J connectivity index is 1.66. The second kappa shape index (κ2) is 10.1. The molecule has 164 valence electrons. The molecule has 3 rings (SSSR count). The molecule has 1 heterocycles. The van der Waals surface area contributed by atoms with Gasteiger partial charge in [0.05, 0.1) is 5.69 Å². The largest absolute Gasteiger partial charge is 0.482 e. The number of hydrogen-bond donors (Lipinski definition) is 1. The lowest BCUT2D eigenvalue weighted by atomic mass is 10.1. The Morgan fingerprint density at radius 3 is 2.61 bits per heavy atom. The van der Waals surface area contributed by atoms with Gasteiger partial charge in [0, 0.05) is 6.54 Å². The summed E-state index contributed by atoms with van der Waals surface area (Å²) in [6, 6.07) is 15.0. The summed E-state index contributed by atoms with van der Waals surface area (Å²) in [7, 11) is 0. The van der Waals surface area contributed by atoms with Crippen LogP contribution in [0.15, 0.2) is 48.5 Å². The molecular formula is C24H28N2O5. The van der Waals surface area contributed by atoms with Crippen LogP contribution >= 0.6 is 0 Å². The molecule has 31 heavy (non-hydrogen) atoms. The van der Waals surface area contributed by atoms with Gasteiger partial charge >= 0.3 is 5.97 Å². The smallest absolute Gasteiger partial charge is 0.326 e. The van der Waals surface area contributed by atoms with Crippen LogP contribution in [-0.4, -0.2) is 37.0 Å². The van der Waals surface area contributed by atoms with Gasteiger partial charge in [-0.25, -0.2) is 0 Å². The highest BCUT2D eigenvalue weighted by atomic mass is 16.5. The van der Waals surface area contributed by atoms with Gasteiger partial charge in [-0.15, -0.1) is 0 Å². The molecule has 1 N–H and O–H groups in total. The van der Waals surface area contributed by atoms with Gasteiger partial charge in [-0.1, -0.05) is 50.2 Å². The monoisotopic (exact) mass is 424 g/mol. The van der Waals surface area contributed by atoms with Crippen molar-refractivity contribution in [3.05, 3.63) is 59.7 Å². The van der Waals surface area contributed by atoms with Gasteiger partial charge in [0.25, 0.3) is 11.8 Å². The molecule has 0 fully saturated rings. The molecule has 1 unspecified atom stereocenters. The molecule has 0 radical (unpaired) electrons. The predicted molar refractivity (Wildman–Crippen MR) is 117 cm³/mol. The first-order valence-corrected chi connectivity index (χ1v) is 10.4. The zero-order valence-corrected chi connectivity index (χ0v) is 18.1. The van der Waals surface area contributed by atoms with E-state index in [1.807, 2.05) is 57.2 Å². The number of aryl methyl sites for hydroxylation is 1. The maximum Gasteiger partial charge on any atom is 0.326 e. The highest BCUT2D eigenvalue weighted by Gasteiger charge is 2.30. The number of hydrogen-bond acceptors (Lipinski definition) is 5. The van der Waals surface area contributed by atoms with Gasteiger partial charge in [0.1, 0.15) is 12.3 Å². The van der Waals surface area contributed by atoms with Crippen molar-refractivity contribution in [3.8, 4) is 5.75 Å². The van der Waals surface area contributed by atoms with E-state index in [9.17, 15) is 14.4 Å². The summed E-state index contributed by atoms with van der Waals surface area (Å²) >= 11 is 0. The predicted octanol–water partition coefficient (Wildman–Crippen LogP) is 2.99. The van der Waals surface area contributed by atoms with Crippen molar-refractivity contribution in [1.82, 2.24) is 5.32 Å². The lowest BCUT2D eigenvalue weighted by molar-refractivity contribution is -0.156. The van der Waals surface area contributed by atoms with E-state index in [1.165, 1.54) is 4.90 Å². The first kappa shape index (κ1) is 22.3. The molecule has 0 aromatic heterocycles. The number of carbonyl (C=O) groups is 3. The maximum atomic E-state index is 12.7. The second-order valence-electron chi connectivity index (χ2n) is 8.05. The Labute approximate surface area is 182 Å². The van der Waals surface area contributed by atoms with Crippen LogP contribution < -0.4 is 15.0 Å². The normalized spacial score (nSPS) is 13.9. The van der Waals surface area contributed by atoms with E-state index in [0.717, 1.165) is 11.1 Å². The standard InChI is InChI=1S/C24H28N2O5/c1-16(2)11-21(24(29)25-13-18-7-5-4-6-8-18)31-23(28)14-26-19-12-17(3)9-10-20(19)30-15-22(26)27/h4-10,12,16,21H,11,13-15H2,1-3H3,(H,25,29). The van der Waals surface area contributed by atoms with Crippen molar-refractivity contribution in [2.24, 2.45) is 5.92 Å². The van der Waals surface area contributed by atoms with E-state index in [2.05, 4.69) is 5.32 Å². The molecule has 0 spiro atoms. The van der Waals surface area contributed by atoms with E-state index in [4.69, 9.17) is 9.47 Å². The number of nitrogens with one attached hydrogen (secondary N) is 1. The van der Waals surface area contributed by atoms with E-state index in [-0.39, 0.29) is 30.9 Å². The van der Waals surface area contributed by atoms with Crippen LogP contribution in [0.5, 0.6) is 5.75 Å². The van der Waals surface area contributed by atoms with Crippen LogP contribution in [0.3, 0.4) is 0 Å². The first-order valence-electron chi connectivity index (χ1n) is 10.4. The van der Waals surface area contributed by atoms with Crippen molar-refractivity contribution < 1.29 is 23.9 Å². The molecule has 7 heteroatoms. The minimum absolute atomic E-state index is 0.143. The lowest BCUT2D eigenvalue weighted by Crippen LogP contribution is -2.45. The van der Waals surface area contributed by atoms with Crippen LogP contribution in [0, 0.1) is 12.8 Å². The molecule has 0 bridgehead atoms. The number of esters is 1. The highest BCUT2D eigenvalue weighted by molar-refractivity contribution is 6.01. The molecule has 0 aliphatic carbocycles. The van der Waals surface area contributed by atoms with Gasteiger partial charge in [0.2, 0.25) is 0 Å². The summed E-state index contributed by atoms with van der Waals surface area (Å²) in [5.41, 5.74) is 2.42. The molecule has 2 aromatic rings. The SMILES string of the molecule is Cc1ccc2c(c1)N(CC(=O)OC(CC(C)C)C(=O)NCc1ccccc1)C(=O)CO2. The summed E-state index contributed by atoms with van der Waals surface area (Å²) in [5, 5.41) is 2.83. The van der Waals surface area contributed by atoms with Gasteiger partial charge in [0.15, 0.2) is 12.7 Å². The topological polar surface area (TPSA) is 84.9 Å². The Kier molecular flexibility index (Phi) is 7.28. The van der Waals surface area contributed by atoms with E-state index in [1.54, 1.807) is 12.1 Å². The minimum Gasteiger partial charge on any atom is -0.482 e. The molecule has 1 aliphatic heterocycles. The summed E-state index contributed by atoms with van der Waals surface area (Å²) < 4.78 is 11.0. The fourth-order valence-electron chi connectivity index (χ4n) is 3.35. The minimum atomic E-state index is -0.927. The Hall–Kier alpha value is -3.35. The Morgan fingerprint density at radius 2 is 1.90 bits per heavy atom. The van der Waals surface area contributed by atoms with Crippen molar-refractivity contribution >= 4 is 23.5 Å². The summed E-state index contributed by atoms with van der Waals surface area (Å²) in [4.78, 5) is 39.1. The highest BCUT2D eigenvalue weighted by Crippen LogP contribution is 2.32. The average molecular weight is 424 g/mol. The number of carbonyl (C=O) groups excluding carboxylic acids is 3. The van der Waals surface area contributed by atoms with Crippen LogP contribution in [0.1, 0.15) is 31.4 Å². The molecule has 2 aromatic carbocycles.